The standard InChI is InChI=1S/C21H27N3O3/c1-14-19(15(2)27-22-14)13-24-18-9-8-17(21(24)25)11-23(12-18)10-16-6-4-5-7-20(16)26-3/h4-7,17-18H,8-13H2,1-3H3/t17-,18+/m0/s1. The molecule has 6 heteroatoms. The molecule has 0 radical (unpaired) electrons. The summed E-state index contributed by atoms with van der Waals surface area (Å²) in [7, 11) is 1.71. The van der Waals surface area contributed by atoms with Crippen LogP contribution in [-0.4, -0.2) is 47.1 Å². The predicted octanol–water partition coefficient (Wildman–Crippen LogP) is 2.92. The zero-order valence-electron chi connectivity index (χ0n) is 16.3. The van der Waals surface area contributed by atoms with Crippen LogP contribution in [0.25, 0.3) is 0 Å². The lowest BCUT2D eigenvalue weighted by Crippen LogP contribution is -2.47. The summed E-state index contributed by atoms with van der Waals surface area (Å²) in [5, 5.41) is 4.04. The van der Waals surface area contributed by atoms with Gasteiger partial charge in [-0.1, -0.05) is 23.4 Å². The van der Waals surface area contributed by atoms with Crippen LogP contribution in [0.3, 0.4) is 0 Å². The van der Waals surface area contributed by atoms with Crippen molar-refractivity contribution in [2.75, 3.05) is 20.2 Å². The van der Waals surface area contributed by atoms with Crippen molar-refractivity contribution in [2.24, 2.45) is 5.92 Å². The average molecular weight is 369 g/mol. The molecule has 0 spiro atoms. The fraction of sp³-hybridized carbons (Fsp3) is 0.524. The Morgan fingerprint density at radius 2 is 2.00 bits per heavy atom. The molecule has 27 heavy (non-hydrogen) atoms. The quantitative estimate of drug-likeness (QED) is 0.811. The van der Waals surface area contributed by atoms with Gasteiger partial charge < -0.3 is 14.2 Å². The monoisotopic (exact) mass is 369 g/mol. The first-order valence-corrected chi connectivity index (χ1v) is 9.63. The lowest BCUT2D eigenvalue weighted by molar-refractivity contribution is -0.140. The molecule has 2 bridgehead atoms. The molecule has 2 aromatic rings. The zero-order valence-corrected chi connectivity index (χ0v) is 16.3. The van der Waals surface area contributed by atoms with Crippen LogP contribution in [0.2, 0.25) is 0 Å². The maximum Gasteiger partial charge on any atom is 0.227 e. The summed E-state index contributed by atoms with van der Waals surface area (Å²) in [5.41, 5.74) is 3.10. The number of methoxy groups -OCH3 is 1. The van der Waals surface area contributed by atoms with Crippen molar-refractivity contribution in [2.45, 2.75) is 45.8 Å². The summed E-state index contributed by atoms with van der Waals surface area (Å²) in [5.74, 6) is 2.06. The molecular weight excluding hydrogens is 342 g/mol. The number of fused-ring (bicyclic) bond motifs is 4. The molecule has 1 aromatic carbocycles. The number of carbonyl (C=O) groups excluding carboxylic acids is 1. The third-order valence-corrected chi connectivity index (χ3v) is 5.97. The summed E-state index contributed by atoms with van der Waals surface area (Å²) < 4.78 is 10.8. The molecule has 0 saturated carbocycles. The van der Waals surface area contributed by atoms with Crippen molar-refractivity contribution in [3.63, 3.8) is 0 Å². The highest BCUT2D eigenvalue weighted by Gasteiger charge is 2.41. The van der Waals surface area contributed by atoms with Gasteiger partial charge in [0.15, 0.2) is 0 Å². The van der Waals surface area contributed by atoms with E-state index in [0.717, 1.165) is 55.2 Å². The van der Waals surface area contributed by atoms with Crippen molar-refractivity contribution < 1.29 is 14.1 Å². The number of aryl methyl sites for hydroxylation is 2. The third-order valence-electron chi connectivity index (χ3n) is 5.97. The van der Waals surface area contributed by atoms with Crippen LogP contribution in [0.4, 0.5) is 0 Å². The molecule has 6 nitrogen and oxygen atoms in total. The van der Waals surface area contributed by atoms with E-state index in [9.17, 15) is 4.79 Å². The summed E-state index contributed by atoms with van der Waals surface area (Å²) in [6.07, 6.45) is 2.03. The van der Waals surface area contributed by atoms with Crippen LogP contribution in [0.5, 0.6) is 5.75 Å². The SMILES string of the molecule is COc1ccccc1CN1C[C@@H]2CC[C@H](C1)N(Cc1c(C)noc1C)C2=O. The van der Waals surface area contributed by atoms with Crippen molar-refractivity contribution in [3.8, 4) is 5.75 Å². The van der Waals surface area contributed by atoms with Gasteiger partial charge in [0.05, 0.1) is 25.3 Å². The van der Waals surface area contributed by atoms with E-state index in [0.29, 0.717) is 6.54 Å². The van der Waals surface area contributed by atoms with Crippen LogP contribution in [0.1, 0.15) is 35.4 Å². The Balaban J connectivity index is 1.53. The molecule has 5 rings (SSSR count). The van der Waals surface area contributed by atoms with Gasteiger partial charge in [-0.2, -0.15) is 0 Å². The first-order chi connectivity index (χ1) is 13.1. The molecule has 3 aliphatic rings. The Bertz CT molecular complexity index is 812. The van der Waals surface area contributed by atoms with E-state index < -0.39 is 0 Å². The topological polar surface area (TPSA) is 58.8 Å². The van der Waals surface area contributed by atoms with Crippen molar-refractivity contribution in [1.29, 1.82) is 0 Å². The van der Waals surface area contributed by atoms with Gasteiger partial charge >= 0.3 is 0 Å². The van der Waals surface area contributed by atoms with Crippen LogP contribution in [0.15, 0.2) is 28.8 Å². The number of benzene rings is 1. The molecular formula is C21H27N3O3. The highest BCUT2D eigenvalue weighted by molar-refractivity contribution is 5.80. The second kappa shape index (κ2) is 7.35. The van der Waals surface area contributed by atoms with Crippen LogP contribution >= 0.6 is 0 Å². The van der Waals surface area contributed by atoms with Gasteiger partial charge in [0.1, 0.15) is 11.5 Å². The molecule has 144 valence electrons. The Morgan fingerprint density at radius 3 is 2.74 bits per heavy atom. The Morgan fingerprint density at radius 1 is 1.19 bits per heavy atom. The maximum atomic E-state index is 13.1. The Hall–Kier alpha value is -2.34. The molecule has 4 heterocycles. The second-order valence-electron chi connectivity index (χ2n) is 7.70. The smallest absolute Gasteiger partial charge is 0.227 e. The van der Waals surface area contributed by atoms with Gasteiger partial charge in [-0.25, -0.2) is 0 Å². The first kappa shape index (κ1) is 18.0. The number of hydrogen-bond donors (Lipinski definition) is 0. The van der Waals surface area contributed by atoms with Crippen molar-refractivity contribution in [3.05, 3.63) is 46.8 Å². The fourth-order valence-electron chi connectivity index (χ4n) is 4.44. The third kappa shape index (κ3) is 3.46. The highest BCUT2D eigenvalue weighted by atomic mass is 16.5. The minimum absolute atomic E-state index is 0.0685. The minimum atomic E-state index is 0.0685. The predicted molar refractivity (Wildman–Crippen MR) is 101 cm³/mol. The summed E-state index contributed by atoms with van der Waals surface area (Å²) in [4.78, 5) is 17.6. The zero-order chi connectivity index (χ0) is 19.0. The number of hydrogen-bond acceptors (Lipinski definition) is 5. The molecule has 1 amide bonds. The normalized spacial score (nSPS) is 22.9. The molecule has 3 saturated heterocycles. The van der Waals surface area contributed by atoms with E-state index in [4.69, 9.17) is 9.26 Å². The summed E-state index contributed by atoms with van der Waals surface area (Å²) in [6.45, 7) is 6.98. The van der Waals surface area contributed by atoms with Crippen molar-refractivity contribution >= 4 is 5.91 Å². The van der Waals surface area contributed by atoms with E-state index in [1.165, 1.54) is 5.56 Å². The van der Waals surface area contributed by atoms with Gasteiger partial charge in [0, 0.05) is 36.8 Å². The summed E-state index contributed by atoms with van der Waals surface area (Å²) >= 11 is 0. The second-order valence-corrected chi connectivity index (χ2v) is 7.70. The molecule has 0 N–H and O–H groups in total. The lowest BCUT2D eigenvalue weighted by atomic mass is 9.93. The van der Waals surface area contributed by atoms with Gasteiger partial charge in [0.2, 0.25) is 5.91 Å². The van der Waals surface area contributed by atoms with E-state index in [1.807, 2.05) is 32.0 Å². The van der Waals surface area contributed by atoms with Gasteiger partial charge in [-0.05, 0) is 32.8 Å². The van der Waals surface area contributed by atoms with Crippen LogP contribution in [-0.2, 0) is 17.9 Å². The van der Waals surface area contributed by atoms with Crippen LogP contribution < -0.4 is 4.74 Å². The Labute approximate surface area is 160 Å². The maximum absolute atomic E-state index is 13.1. The largest absolute Gasteiger partial charge is 0.496 e. The summed E-state index contributed by atoms with van der Waals surface area (Å²) in [6, 6.07) is 8.37. The number of rotatable bonds is 5. The molecule has 1 aromatic heterocycles. The molecule has 2 atom stereocenters. The van der Waals surface area contributed by atoms with E-state index in [2.05, 4.69) is 21.0 Å². The number of carbonyl (C=O) groups is 1. The fourth-order valence-corrected chi connectivity index (χ4v) is 4.44. The molecule has 0 unspecified atom stereocenters. The highest BCUT2D eigenvalue weighted by Crippen LogP contribution is 2.32. The average Bonchev–Trinajstić information content (AvgIpc) is 2.83. The number of ether oxygens (including phenoxy) is 1. The molecule has 3 aliphatic heterocycles. The first-order valence-electron chi connectivity index (χ1n) is 9.63. The van der Waals surface area contributed by atoms with E-state index in [1.54, 1.807) is 7.11 Å². The molecule has 3 fully saturated rings. The Kier molecular flexibility index (Phi) is 4.91. The van der Waals surface area contributed by atoms with E-state index >= 15 is 0 Å². The van der Waals surface area contributed by atoms with Crippen molar-refractivity contribution in [1.82, 2.24) is 15.0 Å². The number of para-hydroxylation sites is 1. The number of piperidine rings is 1. The van der Waals surface area contributed by atoms with E-state index in [-0.39, 0.29) is 17.9 Å². The van der Waals surface area contributed by atoms with Gasteiger partial charge in [0.25, 0.3) is 0 Å². The number of aromatic nitrogens is 1. The van der Waals surface area contributed by atoms with Gasteiger partial charge in [-0.3, -0.25) is 9.69 Å². The lowest BCUT2D eigenvalue weighted by Gasteiger charge is -2.36. The number of amides is 1. The van der Waals surface area contributed by atoms with Crippen LogP contribution in [0, 0.1) is 19.8 Å². The van der Waals surface area contributed by atoms with Gasteiger partial charge in [-0.15, -0.1) is 0 Å². The molecule has 0 aliphatic carbocycles. The minimum Gasteiger partial charge on any atom is -0.496 e. The number of nitrogens with zero attached hydrogens (tertiary/aromatic N) is 3.